The number of benzene rings is 2. The van der Waals surface area contributed by atoms with Crippen LogP contribution in [0.3, 0.4) is 0 Å². The number of anilines is 1. The number of hydrogen-bond donors (Lipinski definition) is 1. The molecule has 20 heavy (non-hydrogen) atoms. The molecule has 1 amide bonds. The van der Waals surface area contributed by atoms with Crippen molar-refractivity contribution in [2.75, 3.05) is 5.32 Å². The van der Waals surface area contributed by atoms with Crippen molar-refractivity contribution in [3.63, 3.8) is 0 Å². The van der Waals surface area contributed by atoms with Crippen molar-refractivity contribution >= 4 is 44.7 Å². The van der Waals surface area contributed by atoms with Gasteiger partial charge in [0.2, 0.25) is 5.91 Å². The molecule has 0 unspecified atom stereocenters. The number of aromatic nitrogens is 1. The number of carbonyl (C=O) groups excluding carboxylic acids is 1. The standard InChI is InChI=1S/C15H11ClN2OS/c16-10-6-7-13-12(8-10)18-15(20-13)9-14(19)17-11-4-2-1-3-5-11/h1-8H,9H2,(H,17,19). The molecular weight excluding hydrogens is 292 g/mol. The summed E-state index contributed by atoms with van der Waals surface area (Å²) >= 11 is 7.44. The van der Waals surface area contributed by atoms with E-state index in [-0.39, 0.29) is 12.3 Å². The van der Waals surface area contributed by atoms with Crippen molar-refractivity contribution in [2.45, 2.75) is 6.42 Å². The minimum atomic E-state index is -0.0682. The summed E-state index contributed by atoms with van der Waals surface area (Å²) < 4.78 is 1.04. The highest BCUT2D eigenvalue weighted by molar-refractivity contribution is 7.18. The zero-order chi connectivity index (χ0) is 13.9. The number of rotatable bonds is 3. The maximum absolute atomic E-state index is 12.0. The van der Waals surface area contributed by atoms with Crippen LogP contribution in [0, 0.1) is 0 Å². The first-order chi connectivity index (χ1) is 9.70. The minimum Gasteiger partial charge on any atom is -0.326 e. The Kier molecular flexibility index (Phi) is 3.67. The molecule has 0 saturated carbocycles. The lowest BCUT2D eigenvalue weighted by Gasteiger charge is -2.02. The van der Waals surface area contributed by atoms with Crippen molar-refractivity contribution < 1.29 is 4.79 Å². The molecule has 1 aromatic heterocycles. The van der Waals surface area contributed by atoms with Crippen LogP contribution < -0.4 is 5.32 Å². The Balaban J connectivity index is 1.74. The number of carbonyl (C=O) groups is 1. The van der Waals surface area contributed by atoms with Gasteiger partial charge in [-0.1, -0.05) is 29.8 Å². The predicted octanol–water partition coefficient (Wildman–Crippen LogP) is 4.13. The Bertz CT molecular complexity index is 755. The Hall–Kier alpha value is -1.91. The zero-order valence-electron chi connectivity index (χ0n) is 10.5. The SMILES string of the molecule is O=C(Cc1nc2cc(Cl)ccc2s1)Nc1ccccc1. The molecule has 1 N–H and O–H groups in total. The van der Waals surface area contributed by atoms with Crippen LogP contribution in [0.4, 0.5) is 5.69 Å². The highest BCUT2D eigenvalue weighted by atomic mass is 35.5. The topological polar surface area (TPSA) is 42.0 Å². The van der Waals surface area contributed by atoms with Crippen LogP contribution in [0.5, 0.6) is 0 Å². The van der Waals surface area contributed by atoms with Crippen molar-refractivity contribution in [2.24, 2.45) is 0 Å². The number of halogens is 1. The van der Waals surface area contributed by atoms with Gasteiger partial charge in [-0.05, 0) is 30.3 Å². The lowest BCUT2D eigenvalue weighted by atomic mass is 10.3. The molecule has 0 aliphatic rings. The van der Waals surface area contributed by atoms with Crippen LogP contribution >= 0.6 is 22.9 Å². The monoisotopic (exact) mass is 302 g/mol. The summed E-state index contributed by atoms with van der Waals surface area (Å²) in [6.45, 7) is 0. The highest BCUT2D eigenvalue weighted by Gasteiger charge is 2.09. The first-order valence-electron chi connectivity index (χ1n) is 6.10. The first kappa shape index (κ1) is 13.1. The van der Waals surface area contributed by atoms with Gasteiger partial charge in [-0.25, -0.2) is 4.98 Å². The fraction of sp³-hybridized carbons (Fsp3) is 0.0667. The number of para-hydroxylation sites is 1. The fourth-order valence-electron chi connectivity index (χ4n) is 1.89. The zero-order valence-corrected chi connectivity index (χ0v) is 12.0. The van der Waals surface area contributed by atoms with Crippen LogP contribution in [0.25, 0.3) is 10.2 Å². The van der Waals surface area contributed by atoms with Gasteiger partial charge in [0.1, 0.15) is 5.01 Å². The molecule has 3 aromatic rings. The molecule has 0 spiro atoms. The van der Waals surface area contributed by atoms with Crippen molar-refractivity contribution in [3.05, 3.63) is 58.6 Å². The van der Waals surface area contributed by atoms with Crippen LogP contribution in [-0.2, 0) is 11.2 Å². The van der Waals surface area contributed by atoms with E-state index >= 15 is 0 Å². The average Bonchev–Trinajstić information content (AvgIpc) is 2.80. The number of nitrogens with one attached hydrogen (secondary N) is 1. The third kappa shape index (κ3) is 2.98. The van der Waals surface area contributed by atoms with E-state index < -0.39 is 0 Å². The maximum atomic E-state index is 12.0. The van der Waals surface area contributed by atoms with Crippen molar-refractivity contribution in [3.8, 4) is 0 Å². The van der Waals surface area contributed by atoms with Crippen LogP contribution in [0.15, 0.2) is 48.5 Å². The molecule has 0 aliphatic carbocycles. The second kappa shape index (κ2) is 5.61. The number of hydrogen-bond acceptors (Lipinski definition) is 3. The fourth-order valence-corrected chi connectivity index (χ4v) is 3.00. The molecule has 0 saturated heterocycles. The van der Waals surface area contributed by atoms with E-state index in [9.17, 15) is 4.79 Å². The van der Waals surface area contributed by atoms with Crippen molar-refractivity contribution in [1.29, 1.82) is 0 Å². The van der Waals surface area contributed by atoms with E-state index in [1.165, 1.54) is 11.3 Å². The lowest BCUT2D eigenvalue weighted by Crippen LogP contribution is -2.13. The molecule has 0 atom stereocenters. The summed E-state index contributed by atoms with van der Waals surface area (Å²) in [6.07, 6.45) is 0.270. The normalized spacial score (nSPS) is 10.7. The summed E-state index contributed by atoms with van der Waals surface area (Å²) in [5.41, 5.74) is 1.63. The molecule has 3 nitrogen and oxygen atoms in total. The summed E-state index contributed by atoms with van der Waals surface area (Å²) in [5.74, 6) is -0.0682. The average molecular weight is 303 g/mol. The van der Waals surface area contributed by atoms with Gasteiger partial charge >= 0.3 is 0 Å². The van der Waals surface area contributed by atoms with E-state index in [0.29, 0.717) is 5.02 Å². The van der Waals surface area contributed by atoms with Gasteiger partial charge in [-0.2, -0.15) is 0 Å². The predicted molar refractivity (Wildman–Crippen MR) is 83.4 cm³/mol. The summed E-state index contributed by atoms with van der Waals surface area (Å²) in [6, 6.07) is 15.0. The van der Waals surface area contributed by atoms with Gasteiger partial charge in [0, 0.05) is 10.7 Å². The highest BCUT2D eigenvalue weighted by Crippen LogP contribution is 2.25. The molecule has 0 fully saturated rings. The molecule has 100 valence electrons. The molecule has 3 rings (SSSR count). The number of amides is 1. The van der Waals surface area contributed by atoms with Crippen LogP contribution in [0.2, 0.25) is 5.02 Å². The molecule has 2 aromatic carbocycles. The van der Waals surface area contributed by atoms with E-state index in [0.717, 1.165) is 20.9 Å². The molecule has 0 radical (unpaired) electrons. The second-order valence-electron chi connectivity index (χ2n) is 4.31. The number of fused-ring (bicyclic) bond motifs is 1. The second-order valence-corrected chi connectivity index (χ2v) is 5.86. The Morgan fingerprint density at radius 2 is 2.00 bits per heavy atom. The van der Waals surface area contributed by atoms with Gasteiger partial charge in [0.05, 0.1) is 16.6 Å². The quantitative estimate of drug-likeness (QED) is 0.790. The third-order valence-electron chi connectivity index (χ3n) is 2.76. The van der Waals surface area contributed by atoms with E-state index in [4.69, 9.17) is 11.6 Å². The maximum Gasteiger partial charge on any atom is 0.231 e. The molecule has 0 bridgehead atoms. The molecule has 1 heterocycles. The van der Waals surface area contributed by atoms with Gasteiger partial charge in [0.15, 0.2) is 0 Å². The van der Waals surface area contributed by atoms with Crippen LogP contribution in [0.1, 0.15) is 5.01 Å². The van der Waals surface area contributed by atoms with E-state index in [2.05, 4.69) is 10.3 Å². The Morgan fingerprint density at radius 1 is 1.20 bits per heavy atom. The largest absolute Gasteiger partial charge is 0.326 e. The molecule has 0 aliphatic heterocycles. The Labute approximate surface area is 125 Å². The Morgan fingerprint density at radius 3 is 2.80 bits per heavy atom. The summed E-state index contributed by atoms with van der Waals surface area (Å²) in [4.78, 5) is 16.4. The van der Waals surface area contributed by atoms with Gasteiger partial charge < -0.3 is 5.32 Å². The van der Waals surface area contributed by atoms with Crippen LogP contribution in [-0.4, -0.2) is 10.9 Å². The lowest BCUT2D eigenvalue weighted by molar-refractivity contribution is -0.115. The van der Waals surface area contributed by atoms with Crippen molar-refractivity contribution in [1.82, 2.24) is 4.98 Å². The van der Waals surface area contributed by atoms with E-state index in [1.54, 1.807) is 0 Å². The van der Waals surface area contributed by atoms with Gasteiger partial charge in [-0.3, -0.25) is 4.79 Å². The third-order valence-corrected chi connectivity index (χ3v) is 4.03. The first-order valence-corrected chi connectivity index (χ1v) is 7.30. The van der Waals surface area contributed by atoms with E-state index in [1.807, 2.05) is 48.5 Å². The number of nitrogens with zero attached hydrogens (tertiary/aromatic N) is 1. The van der Waals surface area contributed by atoms with Gasteiger partial charge in [-0.15, -0.1) is 11.3 Å². The minimum absolute atomic E-state index is 0.0682. The number of thiazole rings is 1. The molecule has 5 heteroatoms. The smallest absolute Gasteiger partial charge is 0.231 e. The molecular formula is C15H11ClN2OS. The van der Waals surface area contributed by atoms with Gasteiger partial charge in [0.25, 0.3) is 0 Å². The summed E-state index contributed by atoms with van der Waals surface area (Å²) in [7, 11) is 0. The summed E-state index contributed by atoms with van der Waals surface area (Å²) in [5, 5.41) is 4.29.